The van der Waals surface area contributed by atoms with Gasteiger partial charge in [-0.05, 0) is 77.6 Å². The first-order valence-electron chi connectivity index (χ1n) is 13.9. The van der Waals surface area contributed by atoms with E-state index in [1.54, 1.807) is 30.5 Å². The average Bonchev–Trinajstić information content (AvgIpc) is 3.43. The summed E-state index contributed by atoms with van der Waals surface area (Å²) in [5, 5.41) is 4.58. The summed E-state index contributed by atoms with van der Waals surface area (Å²) in [5.74, 6) is 2.01. The van der Waals surface area contributed by atoms with Crippen LogP contribution in [0.5, 0.6) is 5.75 Å². The fourth-order valence-corrected chi connectivity index (χ4v) is 5.17. The highest BCUT2D eigenvalue weighted by Crippen LogP contribution is 2.36. The Morgan fingerprint density at radius 2 is 1.95 bits per heavy atom. The largest absolute Gasteiger partial charge is 0.487 e. The molecule has 228 valence electrons. The first kappa shape index (κ1) is 31.3. The van der Waals surface area contributed by atoms with Gasteiger partial charge in [-0.2, -0.15) is 0 Å². The Balaban J connectivity index is 1.44. The SMILES string of the molecule is CC(C)(C)Cc1cc(-c2ccc(C=NCCS(=O)O)o2)cc2c(Nc3ccc(OCc4cccc(F)c4)c(Cl)c3)ncnc12. The van der Waals surface area contributed by atoms with Gasteiger partial charge >= 0.3 is 0 Å². The minimum atomic E-state index is -1.89. The molecular formula is C33H32ClFN4O4S. The van der Waals surface area contributed by atoms with Crippen molar-refractivity contribution in [3.8, 4) is 17.1 Å². The van der Waals surface area contributed by atoms with Gasteiger partial charge in [0.25, 0.3) is 0 Å². The third kappa shape index (κ3) is 8.28. The number of hydrogen-bond donors (Lipinski definition) is 2. The van der Waals surface area contributed by atoms with Crippen LogP contribution in [-0.2, 0) is 24.1 Å². The molecule has 5 aromatic rings. The van der Waals surface area contributed by atoms with Crippen molar-refractivity contribution in [1.82, 2.24) is 9.97 Å². The Morgan fingerprint density at radius 3 is 2.70 bits per heavy atom. The number of nitrogens with one attached hydrogen (secondary N) is 1. The topological polar surface area (TPSA) is 110 Å². The van der Waals surface area contributed by atoms with E-state index in [2.05, 4.69) is 47.1 Å². The van der Waals surface area contributed by atoms with E-state index < -0.39 is 11.1 Å². The molecule has 11 heteroatoms. The highest BCUT2D eigenvalue weighted by molar-refractivity contribution is 7.79. The zero-order chi connectivity index (χ0) is 31.3. The number of ether oxygens (including phenoxy) is 1. The number of furan rings is 1. The normalized spacial score (nSPS) is 12.6. The molecule has 0 radical (unpaired) electrons. The van der Waals surface area contributed by atoms with E-state index in [0.29, 0.717) is 39.4 Å². The van der Waals surface area contributed by atoms with Crippen molar-refractivity contribution in [3.05, 3.63) is 101 Å². The van der Waals surface area contributed by atoms with Crippen molar-refractivity contribution in [2.75, 3.05) is 17.6 Å². The lowest BCUT2D eigenvalue weighted by atomic mass is 9.86. The Labute approximate surface area is 262 Å². The molecule has 2 N–H and O–H groups in total. The minimum Gasteiger partial charge on any atom is -0.487 e. The van der Waals surface area contributed by atoms with Crippen LogP contribution in [0.3, 0.4) is 0 Å². The van der Waals surface area contributed by atoms with Gasteiger partial charge in [0.05, 0.1) is 29.1 Å². The number of aliphatic imine (C=N–C) groups is 1. The number of nitrogens with zero attached hydrogens (tertiary/aromatic N) is 3. The van der Waals surface area contributed by atoms with Gasteiger partial charge in [-0.1, -0.05) is 44.5 Å². The molecule has 8 nitrogen and oxygen atoms in total. The number of benzene rings is 3. The summed E-state index contributed by atoms with van der Waals surface area (Å²) >= 11 is 4.67. The van der Waals surface area contributed by atoms with Crippen LogP contribution in [0, 0.1) is 11.2 Å². The van der Waals surface area contributed by atoms with Crippen LogP contribution < -0.4 is 10.1 Å². The number of rotatable bonds is 11. The maximum atomic E-state index is 13.5. The molecule has 2 aromatic heterocycles. The second kappa shape index (κ2) is 13.7. The van der Waals surface area contributed by atoms with Crippen LogP contribution in [-0.4, -0.2) is 37.2 Å². The van der Waals surface area contributed by atoms with Crippen LogP contribution >= 0.6 is 11.6 Å². The Hall–Kier alpha value is -4.12. The van der Waals surface area contributed by atoms with Crippen LogP contribution in [0.1, 0.15) is 37.7 Å². The summed E-state index contributed by atoms with van der Waals surface area (Å²) < 4.78 is 45.2. The van der Waals surface area contributed by atoms with Crippen molar-refractivity contribution in [2.45, 2.75) is 33.8 Å². The molecule has 0 aliphatic rings. The molecule has 0 amide bonds. The van der Waals surface area contributed by atoms with Crippen molar-refractivity contribution in [3.63, 3.8) is 0 Å². The summed E-state index contributed by atoms with van der Waals surface area (Å²) in [7, 11) is 0. The second-order valence-electron chi connectivity index (χ2n) is 11.4. The quantitative estimate of drug-likeness (QED) is 0.111. The van der Waals surface area contributed by atoms with Crippen LogP contribution in [0.25, 0.3) is 22.2 Å². The Kier molecular flexibility index (Phi) is 9.73. The van der Waals surface area contributed by atoms with Gasteiger partial charge in [-0.3, -0.25) is 4.99 Å². The molecule has 44 heavy (non-hydrogen) atoms. The molecule has 3 aromatic carbocycles. The molecule has 5 rings (SSSR count). The second-order valence-corrected chi connectivity index (χ2v) is 12.9. The molecule has 0 spiro atoms. The van der Waals surface area contributed by atoms with E-state index >= 15 is 0 Å². The van der Waals surface area contributed by atoms with E-state index in [1.165, 1.54) is 18.5 Å². The summed E-state index contributed by atoms with van der Waals surface area (Å²) in [6.07, 6.45) is 3.86. The summed E-state index contributed by atoms with van der Waals surface area (Å²) in [4.78, 5) is 13.4. The fourth-order valence-electron chi connectivity index (χ4n) is 4.67. The first-order valence-corrected chi connectivity index (χ1v) is 15.6. The molecule has 0 aliphatic heterocycles. The molecule has 0 saturated carbocycles. The van der Waals surface area contributed by atoms with Gasteiger partial charge in [-0.15, -0.1) is 0 Å². The predicted molar refractivity (Wildman–Crippen MR) is 174 cm³/mol. The van der Waals surface area contributed by atoms with Crippen molar-refractivity contribution < 1.29 is 22.3 Å². The van der Waals surface area contributed by atoms with Gasteiger partial charge in [-0.25, -0.2) is 18.6 Å². The highest BCUT2D eigenvalue weighted by atomic mass is 35.5. The fraction of sp³-hybridized carbons (Fsp3) is 0.242. The number of anilines is 2. The summed E-state index contributed by atoms with van der Waals surface area (Å²) in [6, 6.07) is 19.3. The molecular weight excluding hydrogens is 603 g/mol. The summed E-state index contributed by atoms with van der Waals surface area (Å²) in [6.45, 7) is 6.93. The third-order valence-corrected chi connectivity index (χ3v) is 7.37. The third-order valence-electron chi connectivity index (χ3n) is 6.54. The zero-order valence-corrected chi connectivity index (χ0v) is 26.1. The lowest BCUT2D eigenvalue weighted by Crippen LogP contribution is -2.10. The van der Waals surface area contributed by atoms with E-state index in [-0.39, 0.29) is 30.1 Å². The van der Waals surface area contributed by atoms with Crippen molar-refractivity contribution in [1.29, 1.82) is 0 Å². The summed E-state index contributed by atoms with van der Waals surface area (Å²) in [5.41, 5.74) is 4.13. The lowest BCUT2D eigenvalue weighted by molar-refractivity contribution is 0.306. The van der Waals surface area contributed by atoms with Gasteiger partial charge in [0, 0.05) is 16.6 Å². The molecule has 0 saturated heterocycles. The minimum absolute atomic E-state index is 0.00720. The van der Waals surface area contributed by atoms with Gasteiger partial charge < -0.3 is 19.0 Å². The molecule has 0 fully saturated rings. The maximum absolute atomic E-state index is 13.5. The molecule has 2 heterocycles. The number of fused-ring (bicyclic) bond motifs is 1. The number of hydrogen-bond acceptors (Lipinski definition) is 7. The van der Waals surface area contributed by atoms with Gasteiger partial charge in [0.2, 0.25) is 0 Å². The predicted octanol–water partition coefficient (Wildman–Crippen LogP) is 8.23. The zero-order valence-electron chi connectivity index (χ0n) is 24.5. The van der Waals surface area contributed by atoms with E-state index in [9.17, 15) is 8.60 Å². The Bertz CT molecular complexity index is 1840. The standard InChI is InChI=1S/C33H32ClFN4O4S/c1-33(2,3)17-23-14-22(29-10-8-26(43-29)18-36-11-12-44(40)41)15-27-31(23)37-20-38-32(27)39-25-7-9-30(28(34)16-25)42-19-21-5-4-6-24(35)13-21/h4-10,13-16,18,20H,11-12,17,19H2,1-3H3,(H,40,41)(H,37,38,39). The first-order chi connectivity index (χ1) is 21.0. The maximum Gasteiger partial charge on any atom is 0.154 e. The highest BCUT2D eigenvalue weighted by Gasteiger charge is 2.19. The lowest BCUT2D eigenvalue weighted by Gasteiger charge is -2.20. The number of halogens is 2. The monoisotopic (exact) mass is 634 g/mol. The van der Waals surface area contributed by atoms with Crippen molar-refractivity contribution in [2.24, 2.45) is 10.4 Å². The molecule has 0 aliphatic carbocycles. The van der Waals surface area contributed by atoms with Crippen LogP contribution in [0.4, 0.5) is 15.9 Å². The van der Waals surface area contributed by atoms with E-state index in [4.69, 9.17) is 25.3 Å². The average molecular weight is 635 g/mol. The van der Waals surface area contributed by atoms with Gasteiger partial charge in [0.1, 0.15) is 41.8 Å². The smallest absolute Gasteiger partial charge is 0.154 e. The Morgan fingerprint density at radius 1 is 1.11 bits per heavy atom. The molecule has 0 bridgehead atoms. The number of aromatic nitrogens is 2. The van der Waals surface area contributed by atoms with Gasteiger partial charge in [0.15, 0.2) is 11.1 Å². The molecule has 1 unspecified atom stereocenters. The van der Waals surface area contributed by atoms with E-state index in [0.717, 1.165) is 28.5 Å². The van der Waals surface area contributed by atoms with Crippen LogP contribution in [0.15, 0.2) is 82.5 Å². The van der Waals surface area contributed by atoms with Crippen molar-refractivity contribution >= 4 is 51.3 Å². The van der Waals surface area contributed by atoms with E-state index in [1.807, 2.05) is 24.3 Å². The van der Waals surface area contributed by atoms with Crippen LogP contribution in [0.2, 0.25) is 5.02 Å². The molecule has 1 atom stereocenters.